The summed E-state index contributed by atoms with van der Waals surface area (Å²) < 4.78 is 8.94. The highest BCUT2D eigenvalue weighted by Gasteiger charge is 2.74. The van der Waals surface area contributed by atoms with E-state index in [0.29, 0.717) is 47.3 Å². The molecule has 61 heavy (non-hydrogen) atoms. The zero-order chi connectivity index (χ0) is 44.0. The Balaban J connectivity index is 0.988. The molecular formula is C52H82N4O5. The highest BCUT2D eigenvalue weighted by Crippen LogP contribution is 2.79. The Labute approximate surface area is 368 Å². The fraction of sp³-hybridized carbons (Fsp3) is 0.885. The van der Waals surface area contributed by atoms with E-state index in [4.69, 9.17) is 9.72 Å². The molecule has 9 rings (SSSR count). The number of imidazole rings is 1. The molecular weight excluding hydrogens is 761 g/mol. The van der Waals surface area contributed by atoms with Crippen LogP contribution in [0.15, 0.2) is 0 Å². The second-order valence-electron chi connectivity index (χ2n) is 25.2. The molecule has 8 fully saturated rings. The molecule has 0 bridgehead atoms. The quantitative estimate of drug-likeness (QED) is 0.247. The molecule has 0 spiro atoms. The summed E-state index contributed by atoms with van der Waals surface area (Å²) in [5, 5.41) is 9.73. The number of amides is 1. The van der Waals surface area contributed by atoms with Crippen LogP contribution >= 0.6 is 0 Å². The molecule has 340 valence electrons. The van der Waals surface area contributed by atoms with Crippen molar-refractivity contribution in [3.8, 4) is 0 Å². The van der Waals surface area contributed by atoms with Crippen molar-refractivity contribution in [1.29, 1.82) is 0 Å². The van der Waals surface area contributed by atoms with Crippen LogP contribution in [0, 0.1) is 93.2 Å². The predicted molar refractivity (Wildman–Crippen MR) is 238 cm³/mol. The first kappa shape index (κ1) is 43.8. The normalized spacial score (nSPS) is 44.0. The summed E-state index contributed by atoms with van der Waals surface area (Å²) in [6.45, 7) is 26.2. The number of carboxylic acids is 1. The van der Waals surface area contributed by atoms with E-state index in [9.17, 15) is 14.7 Å². The molecule has 0 radical (unpaired) electrons. The highest BCUT2D eigenvalue weighted by molar-refractivity contribution is 5.85. The molecule has 7 aliphatic carbocycles. The minimum absolute atomic E-state index is 0.0593. The standard InChI is InChI=1S/C52H82N4O5/c1-31-32(2)55(29-28-54(11)12)42(53-31)37-14-13-27-56(37)45(60)52-22-17-33(48(7)23-24-48)41(52)34-15-16-39-49(8)20-19-40(61-44(59)36-30-35(43(57)58)46(36,3)4)47(5,6)38(49)18-21-51(39,10)50(34,9)25-26-52/h33-41H,13-30H2,1-12H3,(H,57,58)/t33-,34-,35+,36-,37+,38+,39-,40+,41-,49+,50-,51-,52+/m1/s1. The van der Waals surface area contributed by atoms with Gasteiger partial charge in [-0.25, -0.2) is 4.98 Å². The van der Waals surface area contributed by atoms with Gasteiger partial charge in [0.25, 0.3) is 0 Å². The van der Waals surface area contributed by atoms with Crippen LogP contribution in [0.3, 0.4) is 0 Å². The van der Waals surface area contributed by atoms with Crippen molar-refractivity contribution in [2.24, 2.45) is 79.3 Å². The minimum Gasteiger partial charge on any atom is -0.481 e. The molecule has 0 unspecified atom stereocenters. The average molecular weight is 843 g/mol. The Kier molecular flexibility index (Phi) is 10.3. The van der Waals surface area contributed by atoms with Gasteiger partial charge in [0.2, 0.25) is 5.91 Å². The lowest BCUT2D eigenvalue weighted by Gasteiger charge is -2.73. The van der Waals surface area contributed by atoms with Gasteiger partial charge in [0.15, 0.2) is 0 Å². The number of aromatic nitrogens is 2. The maximum Gasteiger partial charge on any atom is 0.309 e. The van der Waals surface area contributed by atoms with Crippen LogP contribution < -0.4 is 0 Å². The number of esters is 1. The summed E-state index contributed by atoms with van der Waals surface area (Å²) in [6, 6.07) is 0.0593. The van der Waals surface area contributed by atoms with E-state index >= 15 is 4.79 Å². The number of nitrogens with zero attached hydrogens (tertiary/aromatic N) is 4. The maximum absolute atomic E-state index is 15.9. The SMILES string of the molecule is Cc1nc([C@@H]2CCCN2C(=O)[C@]23CC[C@@H](C4(C)CC4)[C@@H]2[C@H]2CC[C@@H]4[C@@]5(C)CC[C@H](OC(=O)[C@H]6C[C@@H](C(=O)O)C6(C)C)C(C)(C)[C@@H]5CC[C@@]4(C)[C@]2(C)CC3)n(CCN(C)C)c1C. The van der Waals surface area contributed by atoms with Gasteiger partial charge in [-0.05, 0) is 181 Å². The van der Waals surface area contributed by atoms with Crippen molar-refractivity contribution in [3.63, 3.8) is 0 Å². The Morgan fingerprint density at radius 1 is 0.770 bits per heavy atom. The number of carbonyl (C=O) groups excluding carboxylic acids is 2. The molecule has 1 amide bonds. The third-order valence-electron chi connectivity index (χ3n) is 21.9. The number of fused-ring (bicyclic) bond motifs is 7. The van der Waals surface area contributed by atoms with E-state index in [2.05, 4.69) is 83.9 Å². The van der Waals surface area contributed by atoms with Crippen LogP contribution in [0.4, 0.5) is 0 Å². The van der Waals surface area contributed by atoms with E-state index in [0.717, 1.165) is 82.5 Å². The monoisotopic (exact) mass is 843 g/mol. The smallest absolute Gasteiger partial charge is 0.309 e. The minimum atomic E-state index is -0.808. The molecule has 1 aliphatic heterocycles. The number of carbonyl (C=O) groups is 3. The van der Waals surface area contributed by atoms with E-state index in [1.54, 1.807) is 0 Å². The molecule has 9 nitrogen and oxygen atoms in total. The first-order valence-corrected chi connectivity index (χ1v) is 24.9. The summed E-state index contributed by atoms with van der Waals surface area (Å²) in [6.07, 6.45) is 16.1. The summed E-state index contributed by atoms with van der Waals surface area (Å²) in [7, 11) is 4.28. The van der Waals surface area contributed by atoms with E-state index in [-0.39, 0.29) is 51.1 Å². The second kappa shape index (κ2) is 14.3. The highest BCUT2D eigenvalue weighted by atomic mass is 16.5. The predicted octanol–water partition coefficient (Wildman–Crippen LogP) is 10.3. The number of likely N-dealkylation sites (N-methyl/N-ethyl adjacent to an activating group) is 1. The molecule has 0 aromatic carbocycles. The van der Waals surface area contributed by atoms with Gasteiger partial charge in [-0.3, -0.25) is 14.4 Å². The molecule has 9 heteroatoms. The zero-order valence-corrected chi connectivity index (χ0v) is 40.3. The fourth-order valence-electron chi connectivity index (χ4n) is 17.5. The van der Waals surface area contributed by atoms with Crippen molar-refractivity contribution in [1.82, 2.24) is 19.4 Å². The van der Waals surface area contributed by atoms with Gasteiger partial charge >= 0.3 is 11.9 Å². The van der Waals surface area contributed by atoms with Crippen LogP contribution in [0.25, 0.3) is 0 Å². The molecule has 2 heterocycles. The number of likely N-dealkylation sites (tertiary alicyclic amines) is 1. The molecule has 1 N–H and O–H groups in total. The van der Waals surface area contributed by atoms with Crippen molar-refractivity contribution in [3.05, 3.63) is 17.2 Å². The molecule has 1 aromatic rings. The van der Waals surface area contributed by atoms with Crippen molar-refractivity contribution >= 4 is 17.8 Å². The Bertz CT molecular complexity index is 1950. The van der Waals surface area contributed by atoms with Crippen LogP contribution in [-0.2, 0) is 25.7 Å². The molecule has 1 aromatic heterocycles. The molecule has 7 saturated carbocycles. The topological polar surface area (TPSA) is 105 Å². The van der Waals surface area contributed by atoms with Crippen LogP contribution in [0.5, 0.6) is 0 Å². The largest absolute Gasteiger partial charge is 0.481 e. The first-order chi connectivity index (χ1) is 28.5. The lowest BCUT2D eigenvalue weighted by molar-refractivity contribution is -0.253. The fourth-order valence-corrected chi connectivity index (χ4v) is 17.5. The van der Waals surface area contributed by atoms with Crippen LogP contribution in [0.2, 0.25) is 0 Å². The van der Waals surface area contributed by atoms with Gasteiger partial charge < -0.3 is 24.2 Å². The van der Waals surface area contributed by atoms with Gasteiger partial charge in [-0.2, -0.15) is 0 Å². The number of hydrogen-bond donors (Lipinski definition) is 1. The first-order valence-electron chi connectivity index (χ1n) is 24.9. The third kappa shape index (κ3) is 6.11. The number of carboxylic acid groups (broad SMARTS) is 1. The van der Waals surface area contributed by atoms with Crippen LogP contribution in [-0.4, -0.2) is 75.6 Å². The maximum atomic E-state index is 15.9. The van der Waals surface area contributed by atoms with Gasteiger partial charge in [0.1, 0.15) is 11.9 Å². The second-order valence-corrected chi connectivity index (χ2v) is 25.2. The number of aryl methyl sites for hydroxylation is 1. The number of rotatable bonds is 9. The third-order valence-corrected chi connectivity index (χ3v) is 21.9. The summed E-state index contributed by atoms with van der Waals surface area (Å²) in [5.74, 6) is 2.41. The summed E-state index contributed by atoms with van der Waals surface area (Å²) in [4.78, 5) is 51.3. The Morgan fingerprint density at radius 2 is 1.49 bits per heavy atom. The van der Waals surface area contributed by atoms with Gasteiger partial charge in [0.05, 0.1) is 29.0 Å². The number of hydrogen-bond acceptors (Lipinski definition) is 6. The lowest BCUT2D eigenvalue weighted by atomic mass is 9.32. The van der Waals surface area contributed by atoms with Gasteiger partial charge in [-0.1, -0.05) is 55.4 Å². The van der Waals surface area contributed by atoms with Crippen molar-refractivity contribution < 1.29 is 24.2 Å². The van der Waals surface area contributed by atoms with Crippen molar-refractivity contribution in [2.75, 3.05) is 27.2 Å². The van der Waals surface area contributed by atoms with Gasteiger partial charge in [0, 0.05) is 30.7 Å². The number of aliphatic carboxylic acids is 1. The van der Waals surface area contributed by atoms with Crippen LogP contribution in [0.1, 0.15) is 175 Å². The zero-order valence-electron chi connectivity index (χ0n) is 40.3. The molecule has 1 saturated heterocycles. The lowest BCUT2D eigenvalue weighted by Crippen LogP contribution is -2.67. The average Bonchev–Trinajstić information content (AvgIpc) is 3.47. The molecule has 13 atom stereocenters. The Hall–Kier alpha value is -2.42. The summed E-state index contributed by atoms with van der Waals surface area (Å²) >= 11 is 0. The Morgan fingerprint density at radius 3 is 2.15 bits per heavy atom. The number of ether oxygens (including phenoxy) is 1. The van der Waals surface area contributed by atoms with E-state index in [1.807, 2.05) is 13.8 Å². The van der Waals surface area contributed by atoms with Crippen molar-refractivity contribution in [2.45, 2.75) is 184 Å². The van der Waals surface area contributed by atoms with E-state index in [1.165, 1.54) is 44.2 Å². The van der Waals surface area contributed by atoms with Gasteiger partial charge in [-0.15, -0.1) is 0 Å². The van der Waals surface area contributed by atoms with E-state index < -0.39 is 17.3 Å². The molecule has 8 aliphatic rings. The summed E-state index contributed by atoms with van der Waals surface area (Å²) in [5.41, 5.74) is 2.17.